The molecular formula is C15H21NO4. The summed E-state index contributed by atoms with van der Waals surface area (Å²) in [4.78, 5) is 24.3. The molecule has 0 atom stereocenters. The van der Waals surface area contributed by atoms with E-state index in [4.69, 9.17) is 9.84 Å². The lowest BCUT2D eigenvalue weighted by Gasteiger charge is -2.31. The number of hydrogen-bond donors (Lipinski definition) is 1. The number of carbonyl (C=O) groups excluding carboxylic acids is 1. The molecule has 1 aromatic rings. The number of carboxylic acids is 1. The zero-order chi connectivity index (χ0) is 15.3. The Balaban J connectivity index is 2.52. The van der Waals surface area contributed by atoms with Gasteiger partial charge in [-0.3, -0.25) is 4.79 Å². The third-order valence-corrected chi connectivity index (χ3v) is 3.40. The van der Waals surface area contributed by atoms with Crippen LogP contribution in [0.5, 0.6) is 5.75 Å². The molecule has 110 valence electrons. The summed E-state index contributed by atoms with van der Waals surface area (Å²) in [6.45, 7) is 5.14. The lowest BCUT2D eigenvalue weighted by atomic mass is 10.0. The predicted molar refractivity (Wildman–Crippen MR) is 75.8 cm³/mol. The number of amides is 1. The van der Waals surface area contributed by atoms with Crippen molar-refractivity contribution >= 4 is 11.9 Å². The Morgan fingerprint density at radius 3 is 2.45 bits per heavy atom. The first-order valence-corrected chi connectivity index (χ1v) is 6.45. The van der Waals surface area contributed by atoms with E-state index >= 15 is 0 Å². The molecule has 0 aliphatic carbocycles. The molecule has 20 heavy (non-hydrogen) atoms. The van der Waals surface area contributed by atoms with Crippen molar-refractivity contribution in [2.24, 2.45) is 0 Å². The number of aryl methyl sites for hydroxylation is 1. The van der Waals surface area contributed by atoms with Crippen molar-refractivity contribution in [1.82, 2.24) is 4.90 Å². The van der Waals surface area contributed by atoms with Gasteiger partial charge in [0.05, 0.1) is 13.0 Å². The second-order valence-electron chi connectivity index (χ2n) is 5.18. The number of rotatable bonds is 6. The van der Waals surface area contributed by atoms with Crippen LogP contribution in [0.15, 0.2) is 24.3 Å². The molecule has 5 heteroatoms. The largest absolute Gasteiger partial charge is 0.493 e. The maximum atomic E-state index is 12.0. The van der Waals surface area contributed by atoms with Crippen molar-refractivity contribution < 1.29 is 19.4 Å². The summed E-state index contributed by atoms with van der Waals surface area (Å²) in [6, 6.07) is 7.54. The molecule has 0 spiro atoms. The molecule has 0 aliphatic rings. The van der Waals surface area contributed by atoms with Crippen LogP contribution in [0.3, 0.4) is 0 Å². The smallest absolute Gasteiger partial charge is 0.329 e. The number of likely N-dealkylation sites (N-methyl/N-ethyl adjacent to an activating group) is 1. The molecule has 1 aromatic carbocycles. The highest BCUT2D eigenvalue weighted by atomic mass is 16.5. The Morgan fingerprint density at radius 2 is 1.90 bits per heavy atom. The monoisotopic (exact) mass is 279 g/mol. The van der Waals surface area contributed by atoms with Gasteiger partial charge in [-0.1, -0.05) is 18.2 Å². The Hall–Kier alpha value is -2.04. The number of nitrogens with zero attached hydrogens (tertiary/aromatic N) is 1. The first-order valence-electron chi connectivity index (χ1n) is 6.45. The molecule has 0 fully saturated rings. The highest BCUT2D eigenvalue weighted by Gasteiger charge is 2.34. The van der Waals surface area contributed by atoms with Gasteiger partial charge in [0.15, 0.2) is 0 Å². The fourth-order valence-corrected chi connectivity index (χ4v) is 1.59. The van der Waals surface area contributed by atoms with Crippen molar-refractivity contribution in [2.45, 2.75) is 32.7 Å². The predicted octanol–water partition coefficient (Wildman–Crippen LogP) is 2.09. The average Bonchev–Trinajstić information content (AvgIpc) is 2.39. The molecule has 0 bridgehead atoms. The summed E-state index contributed by atoms with van der Waals surface area (Å²) in [5, 5.41) is 9.08. The fraction of sp³-hybridized carbons (Fsp3) is 0.467. The number of benzene rings is 1. The van der Waals surface area contributed by atoms with Gasteiger partial charge in [0.2, 0.25) is 5.91 Å². The first kappa shape index (κ1) is 16.0. The topological polar surface area (TPSA) is 66.8 Å². The van der Waals surface area contributed by atoms with Crippen LogP contribution in [-0.4, -0.2) is 41.1 Å². The highest BCUT2D eigenvalue weighted by molar-refractivity contribution is 5.86. The average molecular weight is 279 g/mol. The maximum Gasteiger partial charge on any atom is 0.329 e. The van der Waals surface area contributed by atoms with E-state index < -0.39 is 11.5 Å². The maximum absolute atomic E-state index is 12.0. The van der Waals surface area contributed by atoms with E-state index in [2.05, 4.69) is 0 Å². The standard InChI is InChI=1S/C15H21NO4/c1-11-7-5-6-8-12(11)20-10-9-13(17)16(4)15(2,3)14(18)19/h5-8H,9-10H2,1-4H3,(H,18,19). The second-order valence-corrected chi connectivity index (χ2v) is 5.18. The van der Waals surface area contributed by atoms with Gasteiger partial charge in [-0.25, -0.2) is 4.79 Å². The van der Waals surface area contributed by atoms with Crippen LogP contribution in [-0.2, 0) is 9.59 Å². The third-order valence-electron chi connectivity index (χ3n) is 3.40. The Morgan fingerprint density at radius 1 is 1.30 bits per heavy atom. The van der Waals surface area contributed by atoms with Gasteiger partial charge in [0.1, 0.15) is 11.3 Å². The van der Waals surface area contributed by atoms with Crippen LogP contribution in [0.4, 0.5) is 0 Å². The molecular weight excluding hydrogens is 258 g/mol. The molecule has 5 nitrogen and oxygen atoms in total. The quantitative estimate of drug-likeness (QED) is 0.865. The summed E-state index contributed by atoms with van der Waals surface area (Å²) >= 11 is 0. The van der Waals surface area contributed by atoms with Crippen molar-refractivity contribution in [3.05, 3.63) is 29.8 Å². The normalized spacial score (nSPS) is 11.0. The highest BCUT2D eigenvalue weighted by Crippen LogP contribution is 2.17. The van der Waals surface area contributed by atoms with Crippen molar-refractivity contribution in [3.8, 4) is 5.75 Å². The molecule has 0 saturated heterocycles. The molecule has 0 saturated carbocycles. The van der Waals surface area contributed by atoms with Gasteiger partial charge in [0, 0.05) is 7.05 Å². The summed E-state index contributed by atoms with van der Waals surface area (Å²) in [7, 11) is 1.49. The number of ether oxygens (including phenoxy) is 1. The summed E-state index contributed by atoms with van der Waals surface area (Å²) < 4.78 is 5.54. The van der Waals surface area contributed by atoms with Gasteiger partial charge < -0.3 is 14.7 Å². The zero-order valence-electron chi connectivity index (χ0n) is 12.3. The molecule has 0 aromatic heterocycles. The second kappa shape index (κ2) is 6.41. The van der Waals surface area contributed by atoms with Crippen LogP contribution in [0, 0.1) is 6.92 Å². The zero-order valence-corrected chi connectivity index (χ0v) is 12.3. The van der Waals surface area contributed by atoms with E-state index in [1.54, 1.807) is 0 Å². The van der Waals surface area contributed by atoms with E-state index in [1.165, 1.54) is 25.8 Å². The van der Waals surface area contributed by atoms with E-state index in [9.17, 15) is 9.59 Å². The van der Waals surface area contributed by atoms with E-state index in [0.29, 0.717) is 0 Å². The first-order chi connectivity index (χ1) is 9.26. The summed E-state index contributed by atoms with van der Waals surface area (Å²) in [5.41, 5.74) is -0.223. The summed E-state index contributed by atoms with van der Waals surface area (Å²) in [6.07, 6.45) is 0.140. The summed E-state index contributed by atoms with van der Waals surface area (Å²) in [5.74, 6) is -0.556. The van der Waals surface area contributed by atoms with Gasteiger partial charge >= 0.3 is 5.97 Å². The van der Waals surface area contributed by atoms with Crippen LogP contribution >= 0.6 is 0 Å². The Bertz CT molecular complexity index is 496. The van der Waals surface area contributed by atoms with Gasteiger partial charge in [-0.05, 0) is 32.4 Å². The lowest BCUT2D eigenvalue weighted by molar-refractivity contribution is -0.155. The fourth-order valence-electron chi connectivity index (χ4n) is 1.59. The number of hydrogen-bond acceptors (Lipinski definition) is 3. The number of carbonyl (C=O) groups is 2. The van der Waals surface area contributed by atoms with Crippen LogP contribution in [0.1, 0.15) is 25.8 Å². The minimum atomic E-state index is -1.22. The van der Waals surface area contributed by atoms with Crippen molar-refractivity contribution in [3.63, 3.8) is 0 Å². The number of carboxylic acid groups (broad SMARTS) is 1. The minimum Gasteiger partial charge on any atom is -0.493 e. The lowest BCUT2D eigenvalue weighted by Crippen LogP contribution is -2.51. The SMILES string of the molecule is Cc1ccccc1OCCC(=O)N(C)C(C)(C)C(=O)O. The molecule has 0 heterocycles. The Labute approximate surface area is 119 Å². The van der Waals surface area contributed by atoms with E-state index in [-0.39, 0.29) is 18.9 Å². The van der Waals surface area contributed by atoms with Gasteiger partial charge in [-0.15, -0.1) is 0 Å². The van der Waals surface area contributed by atoms with Crippen molar-refractivity contribution in [1.29, 1.82) is 0 Å². The van der Waals surface area contributed by atoms with Crippen LogP contribution in [0.25, 0.3) is 0 Å². The van der Waals surface area contributed by atoms with Gasteiger partial charge in [0.25, 0.3) is 0 Å². The van der Waals surface area contributed by atoms with Crippen LogP contribution < -0.4 is 4.74 Å². The van der Waals surface area contributed by atoms with Gasteiger partial charge in [-0.2, -0.15) is 0 Å². The number of aliphatic carboxylic acids is 1. The Kier molecular flexibility index (Phi) is 5.13. The molecule has 1 N–H and O–H groups in total. The van der Waals surface area contributed by atoms with E-state index in [1.807, 2.05) is 31.2 Å². The molecule has 0 unspecified atom stereocenters. The van der Waals surface area contributed by atoms with E-state index in [0.717, 1.165) is 11.3 Å². The third kappa shape index (κ3) is 3.73. The number of para-hydroxylation sites is 1. The minimum absolute atomic E-state index is 0.140. The molecule has 0 aliphatic heterocycles. The molecule has 0 radical (unpaired) electrons. The molecule has 1 rings (SSSR count). The molecule has 1 amide bonds. The van der Waals surface area contributed by atoms with Crippen molar-refractivity contribution in [2.75, 3.05) is 13.7 Å². The van der Waals surface area contributed by atoms with Crippen LogP contribution in [0.2, 0.25) is 0 Å².